The zero-order valence-electron chi connectivity index (χ0n) is 10.0. The molecule has 1 aromatic heterocycles. The second-order valence-corrected chi connectivity index (χ2v) is 5.44. The Hall–Kier alpha value is -1.26. The van der Waals surface area contributed by atoms with E-state index in [4.69, 9.17) is 0 Å². The first kappa shape index (κ1) is 11.8. The molecule has 1 unspecified atom stereocenters. The van der Waals surface area contributed by atoms with Gasteiger partial charge in [-0.05, 0) is 31.5 Å². The SMILES string of the molecule is Fc1ccccc1-c1csc(C2CCCCN2)n1. The third-order valence-electron chi connectivity index (χ3n) is 3.28. The van der Waals surface area contributed by atoms with Crippen LogP contribution in [0.2, 0.25) is 0 Å². The minimum Gasteiger partial charge on any atom is -0.308 e. The second kappa shape index (κ2) is 5.16. The third kappa shape index (κ3) is 2.31. The highest BCUT2D eigenvalue weighted by Crippen LogP contribution is 2.30. The van der Waals surface area contributed by atoms with Gasteiger partial charge < -0.3 is 5.32 Å². The first-order valence-corrected chi connectivity index (χ1v) is 7.16. The van der Waals surface area contributed by atoms with Gasteiger partial charge in [0.15, 0.2) is 0 Å². The van der Waals surface area contributed by atoms with Crippen molar-refractivity contribution in [2.24, 2.45) is 0 Å². The summed E-state index contributed by atoms with van der Waals surface area (Å²) in [6, 6.07) is 7.16. The van der Waals surface area contributed by atoms with Crippen molar-refractivity contribution in [3.05, 3.63) is 40.5 Å². The third-order valence-corrected chi connectivity index (χ3v) is 4.24. The molecule has 0 bridgehead atoms. The summed E-state index contributed by atoms with van der Waals surface area (Å²) in [5.41, 5.74) is 1.34. The zero-order valence-corrected chi connectivity index (χ0v) is 10.8. The Kier molecular flexibility index (Phi) is 3.39. The molecule has 94 valence electrons. The smallest absolute Gasteiger partial charge is 0.132 e. The molecule has 1 N–H and O–H groups in total. The molecule has 0 aliphatic carbocycles. The summed E-state index contributed by atoms with van der Waals surface area (Å²) in [5, 5.41) is 6.49. The van der Waals surface area contributed by atoms with Crippen molar-refractivity contribution >= 4 is 11.3 Å². The van der Waals surface area contributed by atoms with E-state index >= 15 is 0 Å². The highest BCUT2D eigenvalue weighted by Gasteiger charge is 2.18. The number of thiazole rings is 1. The summed E-state index contributed by atoms with van der Waals surface area (Å²) in [7, 11) is 0. The van der Waals surface area contributed by atoms with Gasteiger partial charge in [-0.2, -0.15) is 0 Å². The molecule has 1 aromatic carbocycles. The van der Waals surface area contributed by atoms with Crippen molar-refractivity contribution in [1.29, 1.82) is 0 Å². The van der Waals surface area contributed by atoms with Crippen LogP contribution in [0.15, 0.2) is 29.6 Å². The monoisotopic (exact) mass is 262 g/mol. The van der Waals surface area contributed by atoms with E-state index in [0.717, 1.165) is 23.7 Å². The maximum atomic E-state index is 13.7. The van der Waals surface area contributed by atoms with E-state index in [1.165, 1.54) is 18.9 Å². The predicted molar refractivity (Wildman–Crippen MR) is 72.1 cm³/mol. The standard InChI is InChI=1S/C14H15FN2S/c15-11-6-2-1-5-10(11)13-9-18-14(17-13)12-7-3-4-8-16-12/h1-2,5-6,9,12,16H,3-4,7-8H2. The van der Waals surface area contributed by atoms with Crippen molar-refractivity contribution < 1.29 is 4.39 Å². The number of benzene rings is 1. The van der Waals surface area contributed by atoms with E-state index in [1.54, 1.807) is 23.5 Å². The van der Waals surface area contributed by atoms with Gasteiger partial charge in [-0.15, -0.1) is 11.3 Å². The molecular weight excluding hydrogens is 247 g/mol. The Balaban J connectivity index is 1.87. The van der Waals surface area contributed by atoms with Gasteiger partial charge in [0.1, 0.15) is 10.8 Å². The van der Waals surface area contributed by atoms with Crippen molar-refractivity contribution in [2.45, 2.75) is 25.3 Å². The van der Waals surface area contributed by atoms with E-state index < -0.39 is 0 Å². The van der Waals surface area contributed by atoms with Gasteiger partial charge in [0.05, 0.1) is 11.7 Å². The average Bonchev–Trinajstić information content (AvgIpc) is 2.90. The van der Waals surface area contributed by atoms with Gasteiger partial charge in [0.25, 0.3) is 0 Å². The van der Waals surface area contributed by atoms with Gasteiger partial charge in [0, 0.05) is 10.9 Å². The molecule has 2 aromatic rings. The van der Waals surface area contributed by atoms with Gasteiger partial charge in [-0.1, -0.05) is 18.6 Å². The molecule has 1 aliphatic heterocycles. The Labute approximate surface area is 110 Å². The largest absolute Gasteiger partial charge is 0.308 e. The quantitative estimate of drug-likeness (QED) is 0.891. The maximum Gasteiger partial charge on any atom is 0.132 e. The van der Waals surface area contributed by atoms with Crippen LogP contribution in [0.25, 0.3) is 11.3 Å². The lowest BCUT2D eigenvalue weighted by Crippen LogP contribution is -2.26. The molecule has 18 heavy (non-hydrogen) atoms. The Bertz CT molecular complexity index is 532. The molecule has 1 fully saturated rings. The molecule has 0 radical (unpaired) electrons. The van der Waals surface area contributed by atoms with Crippen molar-refractivity contribution in [2.75, 3.05) is 6.54 Å². The van der Waals surface area contributed by atoms with Gasteiger partial charge >= 0.3 is 0 Å². The number of nitrogens with zero attached hydrogens (tertiary/aromatic N) is 1. The highest BCUT2D eigenvalue weighted by atomic mass is 32.1. The average molecular weight is 262 g/mol. The molecular formula is C14H15FN2S. The molecule has 1 aliphatic rings. The topological polar surface area (TPSA) is 24.9 Å². The fraction of sp³-hybridized carbons (Fsp3) is 0.357. The molecule has 2 heterocycles. The van der Waals surface area contributed by atoms with Gasteiger partial charge in [-0.3, -0.25) is 0 Å². The minimum atomic E-state index is -0.203. The molecule has 0 amide bonds. The van der Waals surface area contributed by atoms with Crippen LogP contribution >= 0.6 is 11.3 Å². The van der Waals surface area contributed by atoms with Crippen LogP contribution in [0.4, 0.5) is 4.39 Å². The fourth-order valence-corrected chi connectivity index (χ4v) is 3.23. The maximum absolute atomic E-state index is 13.7. The summed E-state index contributed by atoms with van der Waals surface area (Å²) >= 11 is 1.62. The van der Waals surface area contributed by atoms with Crippen LogP contribution in [-0.4, -0.2) is 11.5 Å². The molecule has 0 spiro atoms. The van der Waals surface area contributed by atoms with E-state index in [-0.39, 0.29) is 5.82 Å². The number of aromatic nitrogens is 1. The lowest BCUT2D eigenvalue weighted by atomic mass is 10.1. The zero-order chi connectivity index (χ0) is 12.4. The second-order valence-electron chi connectivity index (χ2n) is 4.55. The van der Waals surface area contributed by atoms with Gasteiger partial charge in [-0.25, -0.2) is 9.37 Å². The molecule has 1 saturated heterocycles. The highest BCUT2D eigenvalue weighted by molar-refractivity contribution is 7.10. The van der Waals surface area contributed by atoms with Crippen LogP contribution in [0.3, 0.4) is 0 Å². The normalized spacial score (nSPS) is 19.9. The Morgan fingerprint density at radius 2 is 2.17 bits per heavy atom. The van der Waals surface area contributed by atoms with Crippen LogP contribution in [0.5, 0.6) is 0 Å². The summed E-state index contributed by atoms with van der Waals surface area (Å²) < 4.78 is 13.7. The van der Waals surface area contributed by atoms with Crippen LogP contribution < -0.4 is 5.32 Å². The summed E-state index contributed by atoms with van der Waals surface area (Å²) in [4.78, 5) is 4.58. The first-order valence-electron chi connectivity index (χ1n) is 6.28. The van der Waals surface area contributed by atoms with E-state index in [9.17, 15) is 4.39 Å². The molecule has 3 rings (SSSR count). The van der Waals surface area contributed by atoms with Gasteiger partial charge in [0.2, 0.25) is 0 Å². The summed E-state index contributed by atoms with van der Waals surface area (Å²) in [5.74, 6) is -0.203. The van der Waals surface area contributed by atoms with Crippen molar-refractivity contribution in [3.63, 3.8) is 0 Å². The van der Waals surface area contributed by atoms with E-state index in [0.29, 0.717) is 11.6 Å². The fourth-order valence-electron chi connectivity index (χ4n) is 2.30. The number of nitrogens with one attached hydrogen (secondary N) is 1. The predicted octanol–water partition coefficient (Wildman–Crippen LogP) is 3.76. The van der Waals surface area contributed by atoms with Crippen molar-refractivity contribution in [1.82, 2.24) is 10.3 Å². The van der Waals surface area contributed by atoms with E-state index in [2.05, 4.69) is 10.3 Å². The molecule has 1 atom stereocenters. The summed E-state index contributed by atoms with van der Waals surface area (Å²) in [6.07, 6.45) is 3.61. The van der Waals surface area contributed by atoms with E-state index in [1.807, 2.05) is 11.4 Å². The number of hydrogen-bond donors (Lipinski definition) is 1. The lowest BCUT2D eigenvalue weighted by molar-refractivity contribution is 0.411. The molecule has 0 saturated carbocycles. The number of piperidine rings is 1. The number of hydrogen-bond acceptors (Lipinski definition) is 3. The van der Waals surface area contributed by atoms with Crippen LogP contribution in [0.1, 0.15) is 30.3 Å². The minimum absolute atomic E-state index is 0.203. The molecule has 2 nitrogen and oxygen atoms in total. The Morgan fingerprint density at radius 3 is 2.94 bits per heavy atom. The molecule has 4 heteroatoms. The van der Waals surface area contributed by atoms with Crippen molar-refractivity contribution in [3.8, 4) is 11.3 Å². The first-order chi connectivity index (χ1) is 8.84. The number of rotatable bonds is 2. The Morgan fingerprint density at radius 1 is 1.28 bits per heavy atom. The van der Waals surface area contributed by atoms with Crippen LogP contribution in [-0.2, 0) is 0 Å². The number of halogens is 1. The lowest BCUT2D eigenvalue weighted by Gasteiger charge is -2.21. The summed E-state index contributed by atoms with van der Waals surface area (Å²) in [6.45, 7) is 1.05. The van der Waals surface area contributed by atoms with Crippen LogP contribution in [0, 0.1) is 5.82 Å².